The number of piperazine rings is 1. The van der Waals surface area contributed by atoms with E-state index >= 15 is 0 Å². The van der Waals surface area contributed by atoms with Gasteiger partial charge in [-0.25, -0.2) is 12.8 Å². The van der Waals surface area contributed by atoms with E-state index in [0.717, 1.165) is 4.47 Å². The second kappa shape index (κ2) is 6.68. The fourth-order valence-electron chi connectivity index (χ4n) is 2.71. The Morgan fingerprint density at radius 1 is 1.17 bits per heavy atom. The molecule has 23 heavy (non-hydrogen) atoms. The van der Waals surface area contributed by atoms with E-state index in [-0.39, 0.29) is 10.7 Å². The first-order chi connectivity index (χ1) is 11.0. The molecule has 0 saturated carbocycles. The summed E-state index contributed by atoms with van der Waals surface area (Å²) < 4.78 is 41.7. The van der Waals surface area contributed by atoms with Crippen LogP contribution in [-0.4, -0.2) is 32.4 Å². The molecule has 1 heterocycles. The van der Waals surface area contributed by atoms with Crippen LogP contribution in [0, 0.1) is 5.82 Å². The standard InChI is InChI=1S/C16H16BrFN2O2S/c17-13-4-6-15(7-5-13)23(21,22)20-9-8-19-11-16(20)12-2-1-3-14(18)10-12/h1-7,10,16,19H,8-9,11H2. The summed E-state index contributed by atoms with van der Waals surface area (Å²) in [6, 6.07) is 12.2. The monoisotopic (exact) mass is 398 g/mol. The van der Waals surface area contributed by atoms with Crippen molar-refractivity contribution in [3.8, 4) is 0 Å². The molecule has 1 unspecified atom stereocenters. The third kappa shape index (κ3) is 3.47. The number of rotatable bonds is 3. The molecule has 1 saturated heterocycles. The predicted molar refractivity (Wildman–Crippen MR) is 90.0 cm³/mol. The highest BCUT2D eigenvalue weighted by atomic mass is 79.9. The Bertz CT molecular complexity index is 796. The van der Waals surface area contributed by atoms with Gasteiger partial charge in [-0.3, -0.25) is 0 Å². The molecule has 1 N–H and O–H groups in total. The van der Waals surface area contributed by atoms with Gasteiger partial charge in [0.05, 0.1) is 10.9 Å². The van der Waals surface area contributed by atoms with Crippen LogP contribution in [0.2, 0.25) is 0 Å². The van der Waals surface area contributed by atoms with Gasteiger partial charge in [0.25, 0.3) is 0 Å². The molecule has 0 aliphatic carbocycles. The largest absolute Gasteiger partial charge is 0.313 e. The average molecular weight is 399 g/mol. The number of hydrogen-bond donors (Lipinski definition) is 1. The molecule has 1 aliphatic rings. The summed E-state index contributed by atoms with van der Waals surface area (Å²) in [5.41, 5.74) is 0.651. The molecule has 1 fully saturated rings. The van der Waals surface area contributed by atoms with Crippen LogP contribution < -0.4 is 5.32 Å². The SMILES string of the molecule is O=S(=O)(c1ccc(Br)cc1)N1CCNCC1c1cccc(F)c1. The van der Waals surface area contributed by atoms with Gasteiger partial charge < -0.3 is 5.32 Å². The molecular weight excluding hydrogens is 383 g/mol. The summed E-state index contributed by atoms with van der Waals surface area (Å²) in [6.45, 7) is 1.38. The van der Waals surface area contributed by atoms with Crippen LogP contribution in [0.3, 0.4) is 0 Å². The van der Waals surface area contributed by atoms with E-state index in [1.165, 1.54) is 16.4 Å². The molecule has 2 aromatic rings. The first kappa shape index (κ1) is 16.6. The summed E-state index contributed by atoms with van der Waals surface area (Å²) >= 11 is 3.30. The van der Waals surface area contributed by atoms with Crippen LogP contribution in [0.25, 0.3) is 0 Å². The average Bonchev–Trinajstić information content (AvgIpc) is 2.55. The van der Waals surface area contributed by atoms with Crippen molar-refractivity contribution in [1.82, 2.24) is 9.62 Å². The maximum atomic E-state index is 13.5. The maximum Gasteiger partial charge on any atom is 0.243 e. The Morgan fingerprint density at radius 3 is 2.61 bits per heavy atom. The van der Waals surface area contributed by atoms with E-state index in [4.69, 9.17) is 0 Å². The molecule has 0 spiro atoms. The molecule has 0 amide bonds. The minimum Gasteiger partial charge on any atom is -0.313 e. The zero-order chi connectivity index (χ0) is 16.4. The summed E-state index contributed by atoms with van der Waals surface area (Å²) in [6.07, 6.45) is 0. The van der Waals surface area contributed by atoms with Gasteiger partial charge in [0, 0.05) is 24.1 Å². The third-order valence-corrected chi connectivity index (χ3v) is 6.30. The van der Waals surface area contributed by atoms with Crippen molar-refractivity contribution in [3.63, 3.8) is 0 Å². The first-order valence-corrected chi connectivity index (χ1v) is 9.45. The molecular formula is C16H16BrFN2O2S. The second-order valence-corrected chi connectivity index (χ2v) is 8.15. The molecule has 0 radical (unpaired) electrons. The van der Waals surface area contributed by atoms with E-state index in [2.05, 4.69) is 21.2 Å². The zero-order valence-corrected chi connectivity index (χ0v) is 14.6. The Kier molecular flexibility index (Phi) is 4.82. The van der Waals surface area contributed by atoms with Crippen molar-refractivity contribution in [3.05, 3.63) is 64.4 Å². The van der Waals surface area contributed by atoms with Gasteiger partial charge in [-0.2, -0.15) is 4.31 Å². The van der Waals surface area contributed by atoms with Gasteiger partial charge in [0.15, 0.2) is 0 Å². The maximum absolute atomic E-state index is 13.5. The minimum atomic E-state index is -3.64. The van der Waals surface area contributed by atoms with E-state index in [1.807, 2.05) is 0 Å². The molecule has 4 nitrogen and oxygen atoms in total. The Balaban J connectivity index is 1.99. The smallest absolute Gasteiger partial charge is 0.243 e. The molecule has 7 heteroatoms. The van der Waals surface area contributed by atoms with E-state index in [1.54, 1.807) is 36.4 Å². The lowest BCUT2D eigenvalue weighted by Gasteiger charge is -2.35. The third-order valence-electron chi connectivity index (χ3n) is 3.85. The molecule has 122 valence electrons. The van der Waals surface area contributed by atoms with Crippen molar-refractivity contribution >= 4 is 26.0 Å². The molecule has 3 rings (SSSR count). The van der Waals surface area contributed by atoms with Gasteiger partial charge in [-0.15, -0.1) is 0 Å². The predicted octanol–water partition coefficient (Wildman–Crippen LogP) is 2.92. The Morgan fingerprint density at radius 2 is 1.91 bits per heavy atom. The highest BCUT2D eigenvalue weighted by molar-refractivity contribution is 9.10. The van der Waals surface area contributed by atoms with Crippen LogP contribution in [0.4, 0.5) is 4.39 Å². The van der Waals surface area contributed by atoms with Gasteiger partial charge >= 0.3 is 0 Å². The number of halogens is 2. The first-order valence-electron chi connectivity index (χ1n) is 7.22. The van der Waals surface area contributed by atoms with Crippen molar-refractivity contribution in [2.24, 2.45) is 0 Å². The van der Waals surface area contributed by atoms with Crippen molar-refractivity contribution in [2.45, 2.75) is 10.9 Å². The summed E-state index contributed by atoms with van der Waals surface area (Å²) in [4.78, 5) is 0.240. The van der Waals surface area contributed by atoms with Crippen molar-refractivity contribution < 1.29 is 12.8 Å². The minimum absolute atomic E-state index is 0.240. The van der Waals surface area contributed by atoms with Gasteiger partial charge in [0.2, 0.25) is 10.0 Å². The number of nitrogens with one attached hydrogen (secondary N) is 1. The number of benzene rings is 2. The zero-order valence-electron chi connectivity index (χ0n) is 12.2. The highest BCUT2D eigenvalue weighted by Crippen LogP contribution is 2.29. The van der Waals surface area contributed by atoms with Crippen LogP contribution >= 0.6 is 15.9 Å². The van der Waals surface area contributed by atoms with Crippen LogP contribution in [0.5, 0.6) is 0 Å². The fraction of sp³-hybridized carbons (Fsp3) is 0.250. The number of hydrogen-bond acceptors (Lipinski definition) is 3. The quantitative estimate of drug-likeness (QED) is 0.864. The lowest BCUT2D eigenvalue weighted by atomic mass is 10.1. The van der Waals surface area contributed by atoms with Crippen LogP contribution in [0.1, 0.15) is 11.6 Å². The topological polar surface area (TPSA) is 49.4 Å². The fourth-order valence-corrected chi connectivity index (χ4v) is 4.59. The van der Waals surface area contributed by atoms with E-state index in [9.17, 15) is 12.8 Å². The normalized spacial score (nSPS) is 19.7. The van der Waals surface area contributed by atoms with E-state index < -0.39 is 16.1 Å². The van der Waals surface area contributed by atoms with E-state index in [0.29, 0.717) is 25.2 Å². The van der Waals surface area contributed by atoms with Gasteiger partial charge in [0.1, 0.15) is 5.82 Å². The Labute approximate surface area is 143 Å². The number of sulfonamides is 1. The van der Waals surface area contributed by atoms with Gasteiger partial charge in [-0.05, 0) is 42.0 Å². The van der Waals surface area contributed by atoms with Crippen LogP contribution in [-0.2, 0) is 10.0 Å². The lowest BCUT2D eigenvalue weighted by molar-refractivity contribution is 0.271. The molecule has 1 aliphatic heterocycles. The molecule has 1 atom stereocenters. The summed E-state index contributed by atoms with van der Waals surface area (Å²) in [5.74, 6) is -0.367. The summed E-state index contributed by atoms with van der Waals surface area (Å²) in [5, 5.41) is 3.18. The second-order valence-electron chi connectivity index (χ2n) is 5.34. The molecule has 2 aromatic carbocycles. The number of nitrogens with zero attached hydrogens (tertiary/aromatic N) is 1. The molecule has 0 aromatic heterocycles. The van der Waals surface area contributed by atoms with Gasteiger partial charge in [-0.1, -0.05) is 28.1 Å². The van der Waals surface area contributed by atoms with Crippen LogP contribution in [0.15, 0.2) is 57.9 Å². The summed E-state index contributed by atoms with van der Waals surface area (Å²) in [7, 11) is -3.64. The highest BCUT2D eigenvalue weighted by Gasteiger charge is 2.34. The Hall–Kier alpha value is -1.28. The lowest BCUT2D eigenvalue weighted by Crippen LogP contribution is -2.48. The van der Waals surface area contributed by atoms with Crippen molar-refractivity contribution in [1.29, 1.82) is 0 Å². The molecule has 0 bridgehead atoms. The van der Waals surface area contributed by atoms with Crippen molar-refractivity contribution in [2.75, 3.05) is 19.6 Å².